The van der Waals surface area contributed by atoms with Gasteiger partial charge in [0.2, 0.25) is 5.82 Å². The molecule has 3 aromatic heterocycles. The molecule has 4 heterocycles. The molecule has 8 rings (SSSR count). The number of ether oxygens (including phenoxy) is 1. The Labute approximate surface area is 293 Å². The van der Waals surface area contributed by atoms with Gasteiger partial charge in [0.25, 0.3) is 5.91 Å². The van der Waals surface area contributed by atoms with Crippen molar-refractivity contribution >= 4 is 22.6 Å². The first kappa shape index (κ1) is 31.9. The molecule has 51 heavy (non-hydrogen) atoms. The predicted octanol–water partition coefficient (Wildman–Crippen LogP) is 6.44. The van der Waals surface area contributed by atoms with E-state index in [1.54, 1.807) is 36.4 Å². The molecule has 1 amide bonds. The number of carbonyl (C=O) groups excluding carboxylic acids is 1. The number of fused-ring (bicyclic) bond motifs is 2. The second-order valence-corrected chi connectivity index (χ2v) is 12.7. The van der Waals surface area contributed by atoms with E-state index < -0.39 is 5.91 Å². The number of tetrazole rings is 1. The number of rotatable bonds is 10. The molecule has 1 N–H and O–H groups in total. The number of aryl methyl sites for hydroxylation is 1. The summed E-state index contributed by atoms with van der Waals surface area (Å²) >= 11 is 0. The fourth-order valence-electron chi connectivity index (χ4n) is 6.34. The third-order valence-electron chi connectivity index (χ3n) is 9.16. The van der Waals surface area contributed by atoms with Gasteiger partial charge in [-0.1, -0.05) is 54.6 Å². The first-order valence-electron chi connectivity index (χ1n) is 16.9. The van der Waals surface area contributed by atoms with E-state index in [0.717, 1.165) is 49.4 Å². The summed E-state index contributed by atoms with van der Waals surface area (Å²) in [7, 11) is 0. The average molecular weight is 678 g/mol. The Bertz CT molecular complexity index is 2400. The van der Waals surface area contributed by atoms with Gasteiger partial charge < -0.3 is 19.0 Å². The number of amides is 1. The molecule has 0 unspecified atom stereocenters. The molecule has 0 atom stereocenters. The third-order valence-corrected chi connectivity index (χ3v) is 9.16. The molecule has 7 aromatic rings. The van der Waals surface area contributed by atoms with Gasteiger partial charge in [0, 0.05) is 44.1 Å². The van der Waals surface area contributed by atoms with Crippen LogP contribution in [0.3, 0.4) is 0 Å². The van der Waals surface area contributed by atoms with Crippen LogP contribution in [-0.2, 0) is 26.1 Å². The SMILES string of the molecule is Cc1cc(NC(=O)c2cc(=O)c3ccccc3o2)c(-c2nnn(-c3ccc(CCN4CCn5cccc5C4)cc3)n2)cc1OCc1ccccc1. The monoisotopic (exact) mass is 677 g/mol. The largest absolute Gasteiger partial charge is 0.489 e. The standard InChI is InChI=1S/C40H35N7O4/c1-27-22-34(41-40(49)38-24-35(48)32-11-5-6-12-36(32)51-38)33(23-37(27)50-26-29-8-3-2-4-9-29)39-42-44-47(43-39)30-15-13-28(14-16-30)17-19-45-20-21-46-18-7-10-31(46)25-45/h2-16,18,22-24H,17,19-21,25-26H2,1H3,(H,41,49). The zero-order chi connectivity index (χ0) is 34.7. The summed E-state index contributed by atoms with van der Waals surface area (Å²) in [5.74, 6) is 0.191. The first-order valence-corrected chi connectivity index (χ1v) is 16.9. The highest BCUT2D eigenvalue weighted by Gasteiger charge is 2.20. The molecule has 0 spiro atoms. The highest BCUT2D eigenvalue weighted by atomic mass is 16.5. The first-order chi connectivity index (χ1) is 25.0. The van der Waals surface area contributed by atoms with Gasteiger partial charge in [-0.05, 0) is 83.8 Å². The number of para-hydroxylation sites is 1. The van der Waals surface area contributed by atoms with Crippen LogP contribution in [0.2, 0.25) is 0 Å². The molecular weight excluding hydrogens is 642 g/mol. The maximum absolute atomic E-state index is 13.5. The van der Waals surface area contributed by atoms with Gasteiger partial charge in [-0.3, -0.25) is 14.5 Å². The molecule has 11 heteroatoms. The smallest absolute Gasteiger partial charge is 0.291 e. The van der Waals surface area contributed by atoms with Gasteiger partial charge in [0.05, 0.1) is 22.3 Å². The summed E-state index contributed by atoms with van der Waals surface area (Å²) in [6, 6.07) is 33.9. The van der Waals surface area contributed by atoms with Crippen LogP contribution in [0, 0.1) is 6.92 Å². The third kappa shape index (κ3) is 6.92. The van der Waals surface area contributed by atoms with Crippen molar-refractivity contribution in [3.8, 4) is 22.8 Å². The van der Waals surface area contributed by atoms with Gasteiger partial charge in [-0.2, -0.15) is 0 Å². The van der Waals surface area contributed by atoms with Crippen LogP contribution >= 0.6 is 0 Å². The molecule has 0 saturated carbocycles. The van der Waals surface area contributed by atoms with E-state index in [1.807, 2.05) is 49.4 Å². The van der Waals surface area contributed by atoms with Crippen molar-refractivity contribution in [3.63, 3.8) is 0 Å². The number of hydrogen-bond acceptors (Lipinski definition) is 8. The zero-order valence-corrected chi connectivity index (χ0v) is 28.0. The van der Waals surface area contributed by atoms with Crippen LogP contribution in [0.1, 0.15) is 32.9 Å². The Morgan fingerprint density at radius 1 is 0.902 bits per heavy atom. The molecule has 11 nitrogen and oxygen atoms in total. The maximum Gasteiger partial charge on any atom is 0.291 e. The van der Waals surface area contributed by atoms with Gasteiger partial charge >= 0.3 is 0 Å². The van der Waals surface area contributed by atoms with E-state index >= 15 is 0 Å². The summed E-state index contributed by atoms with van der Waals surface area (Å²) in [4.78, 5) is 30.2. The van der Waals surface area contributed by atoms with Crippen LogP contribution in [0.4, 0.5) is 5.69 Å². The minimum absolute atomic E-state index is 0.113. The summed E-state index contributed by atoms with van der Waals surface area (Å²) in [6.07, 6.45) is 3.09. The van der Waals surface area contributed by atoms with Crippen molar-refractivity contribution in [1.29, 1.82) is 0 Å². The van der Waals surface area contributed by atoms with Crippen LogP contribution in [0.25, 0.3) is 28.0 Å². The number of anilines is 1. The van der Waals surface area contributed by atoms with Gasteiger partial charge in [-0.15, -0.1) is 15.0 Å². The van der Waals surface area contributed by atoms with Crippen molar-refractivity contribution in [1.82, 2.24) is 29.7 Å². The summed E-state index contributed by atoms with van der Waals surface area (Å²) in [6.45, 7) is 6.26. The van der Waals surface area contributed by atoms with Gasteiger partial charge in [-0.25, -0.2) is 0 Å². The van der Waals surface area contributed by atoms with E-state index in [0.29, 0.717) is 34.6 Å². The van der Waals surface area contributed by atoms with Crippen molar-refractivity contribution in [3.05, 3.63) is 154 Å². The lowest BCUT2D eigenvalue weighted by molar-refractivity contribution is 0.0997. The van der Waals surface area contributed by atoms with E-state index in [9.17, 15) is 9.59 Å². The molecule has 0 fully saturated rings. The Hall–Kier alpha value is -6.33. The van der Waals surface area contributed by atoms with E-state index in [2.05, 4.69) is 55.6 Å². The minimum Gasteiger partial charge on any atom is -0.489 e. The summed E-state index contributed by atoms with van der Waals surface area (Å²) in [5.41, 5.74) is 6.07. The number of aromatic nitrogens is 5. The van der Waals surface area contributed by atoms with Crippen LogP contribution in [-0.4, -0.2) is 48.7 Å². The topological polar surface area (TPSA) is 120 Å². The minimum atomic E-state index is -0.585. The Balaban J connectivity index is 1.04. The molecule has 1 aliphatic rings. The number of carbonyl (C=O) groups is 1. The normalized spacial score (nSPS) is 12.9. The Kier molecular flexibility index (Phi) is 8.69. The Morgan fingerprint density at radius 2 is 1.73 bits per heavy atom. The van der Waals surface area contributed by atoms with Crippen molar-refractivity contribution in [2.45, 2.75) is 33.0 Å². The molecule has 4 aromatic carbocycles. The molecular formula is C40H35N7O4. The number of nitrogens with zero attached hydrogens (tertiary/aromatic N) is 6. The van der Waals surface area contributed by atoms with Crippen molar-refractivity contribution in [2.75, 3.05) is 18.4 Å². The molecule has 254 valence electrons. The molecule has 0 bridgehead atoms. The van der Waals surface area contributed by atoms with E-state index in [1.165, 1.54) is 22.1 Å². The summed E-state index contributed by atoms with van der Waals surface area (Å²) < 4.78 is 14.3. The van der Waals surface area contributed by atoms with Gasteiger partial charge in [0.15, 0.2) is 11.2 Å². The van der Waals surface area contributed by atoms with Gasteiger partial charge in [0.1, 0.15) is 17.9 Å². The fourth-order valence-corrected chi connectivity index (χ4v) is 6.34. The van der Waals surface area contributed by atoms with Crippen molar-refractivity contribution < 1.29 is 13.9 Å². The molecule has 0 radical (unpaired) electrons. The lowest BCUT2D eigenvalue weighted by atomic mass is 10.1. The predicted molar refractivity (Wildman–Crippen MR) is 194 cm³/mol. The molecule has 0 aliphatic carbocycles. The average Bonchev–Trinajstić information content (AvgIpc) is 3.85. The quantitative estimate of drug-likeness (QED) is 0.176. The number of hydrogen-bond donors (Lipinski definition) is 1. The molecule has 0 saturated heterocycles. The van der Waals surface area contributed by atoms with E-state index in [-0.39, 0.29) is 17.0 Å². The zero-order valence-electron chi connectivity index (χ0n) is 28.0. The Morgan fingerprint density at radius 3 is 2.59 bits per heavy atom. The highest BCUT2D eigenvalue weighted by Crippen LogP contribution is 2.34. The van der Waals surface area contributed by atoms with Crippen LogP contribution in [0.15, 0.2) is 125 Å². The second kappa shape index (κ2) is 13.9. The number of benzene rings is 4. The van der Waals surface area contributed by atoms with Crippen LogP contribution < -0.4 is 15.5 Å². The van der Waals surface area contributed by atoms with Crippen molar-refractivity contribution in [2.24, 2.45) is 0 Å². The fraction of sp³-hybridized carbons (Fsp3) is 0.175. The highest BCUT2D eigenvalue weighted by molar-refractivity contribution is 6.05. The number of nitrogens with one attached hydrogen (secondary N) is 1. The van der Waals surface area contributed by atoms with Crippen LogP contribution in [0.5, 0.6) is 5.75 Å². The molecule has 1 aliphatic heterocycles. The lowest BCUT2D eigenvalue weighted by Crippen LogP contribution is -2.34. The second-order valence-electron chi connectivity index (χ2n) is 12.7. The maximum atomic E-state index is 13.5. The summed E-state index contributed by atoms with van der Waals surface area (Å²) in [5, 5.41) is 16.7. The van der Waals surface area contributed by atoms with E-state index in [4.69, 9.17) is 14.3 Å². The lowest BCUT2D eigenvalue weighted by Gasteiger charge is -2.28.